The Labute approximate surface area is 136 Å². The molecule has 0 saturated heterocycles. The molecule has 0 aliphatic rings. The zero-order valence-electron chi connectivity index (χ0n) is 9.32. The van der Waals surface area contributed by atoms with Crippen LogP contribution in [0.4, 0.5) is 11.5 Å². The highest BCUT2D eigenvalue weighted by molar-refractivity contribution is 14.1. The number of hydrogen-bond donors (Lipinski definition) is 2. The fraction of sp³-hybridized carbons (Fsp3) is 0. The molecule has 2 aromatic rings. The highest BCUT2D eigenvalue weighted by Crippen LogP contribution is 2.25. The van der Waals surface area contributed by atoms with E-state index in [-0.39, 0.29) is 10.6 Å². The molecular formula is C12H7BrClIN2O2. The van der Waals surface area contributed by atoms with Crippen LogP contribution in [0.3, 0.4) is 0 Å². The molecule has 0 radical (unpaired) electrons. The topological polar surface area (TPSA) is 62.2 Å². The van der Waals surface area contributed by atoms with Crippen molar-refractivity contribution in [2.24, 2.45) is 0 Å². The normalized spacial score (nSPS) is 10.3. The summed E-state index contributed by atoms with van der Waals surface area (Å²) >= 11 is 11.4. The second-order valence-electron chi connectivity index (χ2n) is 3.61. The molecule has 0 amide bonds. The quantitative estimate of drug-likeness (QED) is 0.670. The first-order chi connectivity index (χ1) is 8.97. The average molecular weight is 453 g/mol. The van der Waals surface area contributed by atoms with Crippen LogP contribution in [0.2, 0.25) is 5.02 Å². The summed E-state index contributed by atoms with van der Waals surface area (Å²) in [5.74, 6) is -0.652. The van der Waals surface area contributed by atoms with Crippen molar-refractivity contribution < 1.29 is 9.90 Å². The van der Waals surface area contributed by atoms with Gasteiger partial charge in [0.15, 0.2) is 0 Å². The van der Waals surface area contributed by atoms with Gasteiger partial charge >= 0.3 is 5.97 Å². The summed E-state index contributed by atoms with van der Waals surface area (Å²) in [5, 5.41) is 12.1. The van der Waals surface area contributed by atoms with Crippen molar-refractivity contribution >= 4 is 67.6 Å². The number of halogens is 3. The number of carboxylic acid groups (broad SMARTS) is 1. The summed E-state index contributed by atoms with van der Waals surface area (Å²) in [6.45, 7) is 0. The molecule has 0 atom stereocenters. The van der Waals surface area contributed by atoms with Crippen molar-refractivity contribution in [2.75, 3.05) is 5.32 Å². The molecule has 19 heavy (non-hydrogen) atoms. The number of hydrogen-bond acceptors (Lipinski definition) is 3. The van der Waals surface area contributed by atoms with Gasteiger partial charge in [0.2, 0.25) is 0 Å². The van der Waals surface area contributed by atoms with Crippen LogP contribution in [-0.2, 0) is 0 Å². The maximum absolute atomic E-state index is 11.0. The fourth-order valence-electron chi connectivity index (χ4n) is 1.39. The molecule has 0 aliphatic heterocycles. The lowest BCUT2D eigenvalue weighted by Gasteiger charge is -2.08. The number of carboxylic acids is 1. The summed E-state index contributed by atoms with van der Waals surface area (Å²) in [6.07, 6.45) is 1.32. The minimum absolute atomic E-state index is 0.0194. The van der Waals surface area contributed by atoms with Crippen LogP contribution in [0.15, 0.2) is 34.9 Å². The number of nitrogens with one attached hydrogen (secondary N) is 1. The standard InChI is InChI=1S/C12H7BrClIN2O2/c13-8-2-1-6(3-10(8)15)17-11-4-7(12(18)19)9(14)5-16-11/h1-5H,(H,16,17)(H,18,19). The summed E-state index contributed by atoms with van der Waals surface area (Å²) in [7, 11) is 0. The monoisotopic (exact) mass is 452 g/mol. The van der Waals surface area contributed by atoms with Gasteiger partial charge in [-0.3, -0.25) is 0 Å². The smallest absolute Gasteiger partial charge is 0.337 e. The Bertz CT molecular complexity index is 652. The summed E-state index contributed by atoms with van der Waals surface area (Å²) in [6, 6.07) is 7.09. The molecule has 4 nitrogen and oxygen atoms in total. The average Bonchev–Trinajstić information content (AvgIpc) is 2.36. The maximum Gasteiger partial charge on any atom is 0.337 e. The molecule has 98 valence electrons. The second-order valence-corrected chi connectivity index (χ2v) is 6.03. The first kappa shape index (κ1) is 14.5. The molecule has 7 heteroatoms. The third kappa shape index (κ3) is 3.58. The SMILES string of the molecule is O=C(O)c1cc(Nc2ccc(Br)c(I)c2)ncc1Cl. The van der Waals surface area contributed by atoms with Crippen LogP contribution < -0.4 is 5.32 Å². The second kappa shape index (κ2) is 6.06. The van der Waals surface area contributed by atoms with E-state index in [1.54, 1.807) is 0 Å². The van der Waals surface area contributed by atoms with Crippen LogP contribution in [0.1, 0.15) is 10.4 Å². The zero-order chi connectivity index (χ0) is 14.0. The van der Waals surface area contributed by atoms with Gasteiger partial charge in [-0.1, -0.05) is 11.6 Å². The van der Waals surface area contributed by atoms with Crippen LogP contribution in [0.5, 0.6) is 0 Å². The molecule has 2 N–H and O–H groups in total. The van der Waals surface area contributed by atoms with E-state index in [2.05, 4.69) is 48.8 Å². The summed E-state index contributed by atoms with van der Waals surface area (Å²) in [4.78, 5) is 15.0. The van der Waals surface area contributed by atoms with Gasteiger partial charge in [-0.2, -0.15) is 0 Å². The number of aromatic carboxylic acids is 1. The van der Waals surface area contributed by atoms with E-state index in [4.69, 9.17) is 16.7 Å². The maximum atomic E-state index is 11.0. The van der Waals surface area contributed by atoms with Gasteiger partial charge in [-0.25, -0.2) is 9.78 Å². The van der Waals surface area contributed by atoms with Crippen molar-refractivity contribution in [3.63, 3.8) is 0 Å². The van der Waals surface area contributed by atoms with Gasteiger partial charge in [-0.15, -0.1) is 0 Å². The Morgan fingerprint density at radius 3 is 2.79 bits per heavy atom. The van der Waals surface area contributed by atoms with Gasteiger partial charge in [0, 0.05) is 19.9 Å². The van der Waals surface area contributed by atoms with Gasteiger partial charge in [-0.05, 0) is 62.8 Å². The Kier molecular flexibility index (Phi) is 4.64. The van der Waals surface area contributed by atoms with Gasteiger partial charge in [0.05, 0.1) is 10.6 Å². The van der Waals surface area contributed by atoms with E-state index in [1.165, 1.54) is 12.3 Å². The number of carbonyl (C=O) groups is 1. The van der Waals surface area contributed by atoms with Crippen LogP contribution in [0.25, 0.3) is 0 Å². The highest BCUT2D eigenvalue weighted by Gasteiger charge is 2.10. The van der Waals surface area contributed by atoms with Crippen LogP contribution in [0, 0.1) is 3.57 Å². The van der Waals surface area contributed by atoms with E-state index in [1.807, 2.05) is 18.2 Å². The number of benzene rings is 1. The van der Waals surface area contributed by atoms with Crippen molar-refractivity contribution in [1.82, 2.24) is 4.98 Å². The largest absolute Gasteiger partial charge is 0.478 e. The van der Waals surface area contributed by atoms with E-state index < -0.39 is 5.97 Å². The summed E-state index contributed by atoms with van der Waals surface area (Å²) < 4.78 is 2.03. The molecule has 1 aromatic carbocycles. The first-order valence-corrected chi connectivity index (χ1v) is 7.33. The third-order valence-corrected chi connectivity index (χ3v) is 4.90. The molecule has 0 saturated carbocycles. The molecule has 0 fully saturated rings. The predicted octanol–water partition coefficient (Wildman–Crippen LogP) is 4.54. The van der Waals surface area contributed by atoms with Gasteiger partial charge < -0.3 is 10.4 Å². The first-order valence-electron chi connectivity index (χ1n) is 5.08. The Morgan fingerprint density at radius 1 is 1.42 bits per heavy atom. The molecule has 0 aliphatic carbocycles. The van der Waals surface area contributed by atoms with E-state index >= 15 is 0 Å². The molecule has 0 bridgehead atoms. The Morgan fingerprint density at radius 2 is 2.16 bits per heavy atom. The number of pyridine rings is 1. The van der Waals surface area contributed by atoms with Crippen molar-refractivity contribution in [2.45, 2.75) is 0 Å². The number of rotatable bonds is 3. The summed E-state index contributed by atoms with van der Waals surface area (Å²) in [5.41, 5.74) is 0.838. The molecule has 0 unspecified atom stereocenters. The third-order valence-electron chi connectivity index (χ3n) is 2.28. The molecule has 1 aromatic heterocycles. The lowest BCUT2D eigenvalue weighted by Crippen LogP contribution is -2.01. The minimum Gasteiger partial charge on any atom is -0.478 e. The number of aromatic nitrogens is 1. The molecule has 2 rings (SSSR count). The Hall–Kier alpha value is -0.860. The number of nitrogens with zero attached hydrogens (tertiary/aromatic N) is 1. The van der Waals surface area contributed by atoms with Crippen LogP contribution in [-0.4, -0.2) is 16.1 Å². The van der Waals surface area contributed by atoms with Crippen molar-refractivity contribution in [3.05, 3.63) is 49.1 Å². The molecule has 1 heterocycles. The van der Waals surface area contributed by atoms with E-state index in [9.17, 15) is 4.79 Å². The van der Waals surface area contributed by atoms with Gasteiger partial charge in [0.25, 0.3) is 0 Å². The van der Waals surface area contributed by atoms with Crippen molar-refractivity contribution in [3.8, 4) is 0 Å². The number of anilines is 2. The lowest BCUT2D eigenvalue weighted by molar-refractivity contribution is 0.0697. The van der Waals surface area contributed by atoms with Gasteiger partial charge in [0.1, 0.15) is 5.82 Å². The van der Waals surface area contributed by atoms with E-state index in [0.717, 1.165) is 13.7 Å². The zero-order valence-corrected chi connectivity index (χ0v) is 13.8. The van der Waals surface area contributed by atoms with Crippen molar-refractivity contribution in [1.29, 1.82) is 0 Å². The lowest BCUT2D eigenvalue weighted by atomic mass is 10.2. The molecular weight excluding hydrogens is 446 g/mol. The van der Waals surface area contributed by atoms with Crippen LogP contribution >= 0.6 is 50.1 Å². The van der Waals surface area contributed by atoms with E-state index in [0.29, 0.717) is 5.82 Å². The molecule has 0 spiro atoms. The highest BCUT2D eigenvalue weighted by atomic mass is 127. The predicted molar refractivity (Wildman–Crippen MR) is 86.3 cm³/mol. The fourth-order valence-corrected chi connectivity index (χ4v) is 2.34. The minimum atomic E-state index is -1.08. The Balaban J connectivity index is 2.30.